The number of anilines is 3. The van der Waals surface area contributed by atoms with Gasteiger partial charge in [-0.05, 0) is 110 Å². The number of para-hydroxylation sites is 2. The van der Waals surface area contributed by atoms with Crippen LogP contribution >= 0.6 is 0 Å². The van der Waals surface area contributed by atoms with Gasteiger partial charge in [0.25, 0.3) is 0 Å². The van der Waals surface area contributed by atoms with E-state index in [-0.39, 0.29) is 0 Å². The van der Waals surface area contributed by atoms with Crippen molar-refractivity contribution in [3.05, 3.63) is 218 Å². The lowest BCUT2D eigenvalue weighted by Gasteiger charge is -2.26. The van der Waals surface area contributed by atoms with E-state index in [1.807, 2.05) is 0 Å². The van der Waals surface area contributed by atoms with Crippen LogP contribution in [0.3, 0.4) is 0 Å². The standard InChI is InChI=1S/C54H36N2/c1-2-14-44(15-3-1)55(45-31-25-40(26-32-45)49-19-10-13-38-11-4-6-16-48(38)49)47-33-27-42-35-41(21-22-43(42)36-47)37-23-29-46(30-24-37)56-53-20-9-8-18-51(53)52-34-28-39-12-5-7-17-50(39)54(52)56/h1-36H. The smallest absolute Gasteiger partial charge is 0.0619 e. The third kappa shape index (κ3) is 5.34. The Hall–Kier alpha value is -7.42. The van der Waals surface area contributed by atoms with Crippen LogP contribution in [0.1, 0.15) is 0 Å². The number of benzene rings is 10. The predicted octanol–water partition coefficient (Wildman–Crippen LogP) is 15.0. The minimum Gasteiger partial charge on any atom is -0.310 e. The van der Waals surface area contributed by atoms with Gasteiger partial charge in [0.1, 0.15) is 0 Å². The van der Waals surface area contributed by atoms with Crippen LogP contribution in [-0.4, -0.2) is 4.57 Å². The summed E-state index contributed by atoms with van der Waals surface area (Å²) in [5.41, 5.74) is 11.9. The Morgan fingerprint density at radius 2 is 0.875 bits per heavy atom. The monoisotopic (exact) mass is 712 g/mol. The van der Waals surface area contributed by atoms with E-state index in [1.165, 1.54) is 76.4 Å². The molecule has 0 aliphatic heterocycles. The molecule has 0 N–H and O–H groups in total. The van der Waals surface area contributed by atoms with Crippen molar-refractivity contribution in [3.8, 4) is 27.9 Å². The summed E-state index contributed by atoms with van der Waals surface area (Å²) in [5.74, 6) is 0. The second kappa shape index (κ2) is 13.2. The van der Waals surface area contributed by atoms with Gasteiger partial charge in [-0.3, -0.25) is 0 Å². The largest absolute Gasteiger partial charge is 0.310 e. The van der Waals surface area contributed by atoms with Gasteiger partial charge >= 0.3 is 0 Å². The van der Waals surface area contributed by atoms with Gasteiger partial charge in [-0.15, -0.1) is 0 Å². The molecule has 0 radical (unpaired) electrons. The molecular weight excluding hydrogens is 677 g/mol. The number of hydrogen-bond acceptors (Lipinski definition) is 1. The highest BCUT2D eigenvalue weighted by Crippen LogP contribution is 2.40. The Morgan fingerprint density at radius 1 is 0.304 bits per heavy atom. The summed E-state index contributed by atoms with van der Waals surface area (Å²) in [4.78, 5) is 2.34. The molecule has 2 heteroatoms. The first-order valence-corrected chi connectivity index (χ1v) is 19.3. The second-order valence-corrected chi connectivity index (χ2v) is 14.6. The van der Waals surface area contributed by atoms with Gasteiger partial charge in [0, 0.05) is 38.9 Å². The fourth-order valence-electron chi connectivity index (χ4n) is 8.64. The molecule has 262 valence electrons. The van der Waals surface area contributed by atoms with Crippen molar-refractivity contribution < 1.29 is 0 Å². The average molecular weight is 713 g/mol. The van der Waals surface area contributed by atoms with Crippen LogP contribution in [0.5, 0.6) is 0 Å². The summed E-state index contributed by atoms with van der Waals surface area (Å²) < 4.78 is 2.42. The summed E-state index contributed by atoms with van der Waals surface area (Å²) in [7, 11) is 0. The quantitative estimate of drug-likeness (QED) is 0.167. The lowest BCUT2D eigenvalue weighted by molar-refractivity contribution is 1.19. The van der Waals surface area contributed by atoms with Gasteiger partial charge in [-0.2, -0.15) is 0 Å². The van der Waals surface area contributed by atoms with E-state index in [0.29, 0.717) is 0 Å². The third-order valence-electron chi connectivity index (χ3n) is 11.3. The zero-order chi connectivity index (χ0) is 37.0. The molecule has 11 rings (SSSR count). The molecule has 0 aliphatic carbocycles. The zero-order valence-electron chi connectivity index (χ0n) is 30.7. The number of nitrogens with zero attached hydrogens (tertiary/aromatic N) is 2. The van der Waals surface area contributed by atoms with E-state index >= 15 is 0 Å². The van der Waals surface area contributed by atoms with Crippen LogP contribution in [0.4, 0.5) is 17.1 Å². The molecule has 0 fully saturated rings. The van der Waals surface area contributed by atoms with E-state index in [2.05, 4.69) is 228 Å². The van der Waals surface area contributed by atoms with Crippen LogP contribution in [0.25, 0.3) is 82.1 Å². The summed E-state index contributed by atoms with van der Waals surface area (Å²) >= 11 is 0. The summed E-state index contributed by atoms with van der Waals surface area (Å²) in [5, 5.41) is 10.0. The predicted molar refractivity (Wildman–Crippen MR) is 239 cm³/mol. The molecule has 11 aromatic rings. The summed E-state index contributed by atoms with van der Waals surface area (Å²) in [6.07, 6.45) is 0. The van der Waals surface area contributed by atoms with Crippen LogP contribution < -0.4 is 4.90 Å². The molecule has 2 nitrogen and oxygen atoms in total. The molecule has 0 saturated heterocycles. The number of fused-ring (bicyclic) bond motifs is 7. The lowest BCUT2D eigenvalue weighted by Crippen LogP contribution is -2.09. The van der Waals surface area contributed by atoms with E-state index in [0.717, 1.165) is 22.7 Å². The van der Waals surface area contributed by atoms with Crippen molar-refractivity contribution in [3.63, 3.8) is 0 Å². The number of rotatable bonds is 6. The molecule has 1 aromatic heterocycles. The molecule has 0 spiro atoms. The van der Waals surface area contributed by atoms with E-state index in [1.54, 1.807) is 0 Å². The minimum absolute atomic E-state index is 1.12. The maximum absolute atomic E-state index is 2.42. The molecule has 0 unspecified atom stereocenters. The van der Waals surface area contributed by atoms with Crippen LogP contribution in [-0.2, 0) is 0 Å². The normalized spacial score (nSPS) is 11.6. The number of aromatic nitrogens is 1. The van der Waals surface area contributed by atoms with Crippen molar-refractivity contribution in [2.45, 2.75) is 0 Å². The Labute approximate surface area is 325 Å². The molecule has 0 amide bonds. The molecule has 56 heavy (non-hydrogen) atoms. The second-order valence-electron chi connectivity index (χ2n) is 14.6. The summed E-state index contributed by atoms with van der Waals surface area (Å²) in [6, 6.07) is 79.4. The molecule has 1 heterocycles. The fourth-order valence-corrected chi connectivity index (χ4v) is 8.64. The Bertz CT molecular complexity index is 3220. The van der Waals surface area contributed by atoms with Crippen molar-refractivity contribution >= 4 is 71.2 Å². The highest BCUT2D eigenvalue weighted by molar-refractivity contribution is 6.18. The van der Waals surface area contributed by atoms with Crippen LogP contribution in [0, 0.1) is 0 Å². The molecule has 0 bridgehead atoms. The first-order valence-electron chi connectivity index (χ1n) is 19.3. The highest BCUT2D eigenvalue weighted by atomic mass is 15.1. The van der Waals surface area contributed by atoms with Gasteiger partial charge in [-0.25, -0.2) is 0 Å². The first kappa shape index (κ1) is 32.0. The van der Waals surface area contributed by atoms with E-state index < -0.39 is 0 Å². The molecule has 0 aliphatic rings. The van der Waals surface area contributed by atoms with Crippen molar-refractivity contribution in [1.29, 1.82) is 0 Å². The highest BCUT2D eigenvalue weighted by Gasteiger charge is 2.16. The van der Waals surface area contributed by atoms with E-state index in [9.17, 15) is 0 Å². The molecule has 0 saturated carbocycles. The van der Waals surface area contributed by atoms with Crippen molar-refractivity contribution in [1.82, 2.24) is 4.57 Å². The van der Waals surface area contributed by atoms with E-state index in [4.69, 9.17) is 0 Å². The Kier molecular flexibility index (Phi) is 7.53. The Morgan fingerprint density at radius 3 is 1.70 bits per heavy atom. The molecule has 0 atom stereocenters. The van der Waals surface area contributed by atoms with Crippen LogP contribution in [0.15, 0.2) is 218 Å². The fraction of sp³-hybridized carbons (Fsp3) is 0. The SMILES string of the molecule is c1ccc(N(c2ccc(-c3cccc4ccccc34)cc2)c2ccc3cc(-c4ccc(-n5c6ccccc6c6ccc7ccccc7c65)cc4)ccc3c2)cc1. The maximum Gasteiger partial charge on any atom is 0.0619 e. The zero-order valence-corrected chi connectivity index (χ0v) is 30.7. The average Bonchev–Trinajstić information content (AvgIpc) is 3.62. The maximum atomic E-state index is 2.42. The summed E-state index contributed by atoms with van der Waals surface area (Å²) in [6.45, 7) is 0. The molecule has 10 aromatic carbocycles. The minimum atomic E-state index is 1.12. The third-order valence-corrected chi connectivity index (χ3v) is 11.3. The van der Waals surface area contributed by atoms with Gasteiger partial charge in [0.15, 0.2) is 0 Å². The van der Waals surface area contributed by atoms with Gasteiger partial charge in [-0.1, -0.05) is 158 Å². The van der Waals surface area contributed by atoms with Crippen LogP contribution in [0.2, 0.25) is 0 Å². The number of hydrogen-bond donors (Lipinski definition) is 0. The Balaban J connectivity index is 0.941. The van der Waals surface area contributed by atoms with Gasteiger partial charge in [0.2, 0.25) is 0 Å². The lowest BCUT2D eigenvalue weighted by atomic mass is 9.98. The first-order chi connectivity index (χ1) is 27.8. The van der Waals surface area contributed by atoms with Crippen molar-refractivity contribution in [2.24, 2.45) is 0 Å². The molecular formula is C54H36N2. The van der Waals surface area contributed by atoms with Crippen molar-refractivity contribution in [2.75, 3.05) is 4.90 Å². The van der Waals surface area contributed by atoms with Gasteiger partial charge in [0.05, 0.1) is 11.0 Å². The topological polar surface area (TPSA) is 8.17 Å². The van der Waals surface area contributed by atoms with Gasteiger partial charge < -0.3 is 9.47 Å².